The van der Waals surface area contributed by atoms with E-state index in [1.54, 1.807) is 4.68 Å². The van der Waals surface area contributed by atoms with Crippen LogP contribution in [-0.4, -0.2) is 20.2 Å². The van der Waals surface area contributed by atoms with Crippen LogP contribution >= 0.6 is 12.2 Å². The van der Waals surface area contributed by atoms with Gasteiger partial charge in [-0.1, -0.05) is 49.3 Å². The van der Waals surface area contributed by atoms with E-state index >= 15 is 0 Å². The quantitative estimate of drug-likeness (QED) is 0.771. The van der Waals surface area contributed by atoms with Gasteiger partial charge < -0.3 is 0 Å². The average Bonchev–Trinajstić information content (AvgIpc) is 2.63. The van der Waals surface area contributed by atoms with Gasteiger partial charge in [-0.05, 0) is 29.3 Å². The minimum Gasteiger partial charge on any atom is -0.209 e. The third kappa shape index (κ3) is 1.90. The van der Waals surface area contributed by atoms with Crippen LogP contribution in [0.15, 0.2) is 24.3 Å². The Kier molecular flexibility index (Phi) is 2.63. The molecular weight excluding hydrogens is 220 g/mol. The van der Waals surface area contributed by atoms with Gasteiger partial charge in [0.2, 0.25) is 4.77 Å². The summed E-state index contributed by atoms with van der Waals surface area (Å²) < 4.78 is 2.16. The second-order valence-electron chi connectivity index (χ2n) is 4.69. The summed E-state index contributed by atoms with van der Waals surface area (Å²) in [5.74, 6) is 0. The van der Waals surface area contributed by atoms with Crippen LogP contribution in [0, 0.1) is 4.77 Å². The Hall–Kier alpha value is -1.49. The number of hydrogen-bond acceptors (Lipinski definition) is 3. The lowest BCUT2D eigenvalue weighted by molar-refractivity contribution is 0.581. The van der Waals surface area contributed by atoms with Crippen molar-refractivity contribution in [1.82, 2.24) is 20.2 Å². The summed E-state index contributed by atoms with van der Waals surface area (Å²) in [6.07, 6.45) is 0. The van der Waals surface area contributed by atoms with Crippen molar-refractivity contribution in [3.8, 4) is 5.69 Å². The monoisotopic (exact) mass is 234 g/mol. The van der Waals surface area contributed by atoms with Crippen molar-refractivity contribution in [1.29, 1.82) is 0 Å². The molecule has 0 unspecified atom stereocenters. The van der Waals surface area contributed by atoms with E-state index in [9.17, 15) is 0 Å². The van der Waals surface area contributed by atoms with Gasteiger partial charge in [-0.3, -0.25) is 0 Å². The Morgan fingerprint density at radius 2 is 1.94 bits per heavy atom. The third-order valence-electron chi connectivity index (χ3n) is 2.42. The second-order valence-corrected chi connectivity index (χ2v) is 5.05. The van der Waals surface area contributed by atoms with E-state index in [1.165, 1.54) is 5.56 Å². The Labute approximate surface area is 99.3 Å². The van der Waals surface area contributed by atoms with Crippen molar-refractivity contribution in [2.75, 3.05) is 0 Å². The van der Waals surface area contributed by atoms with E-state index < -0.39 is 0 Å². The molecule has 0 fully saturated rings. The lowest BCUT2D eigenvalue weighted by Crippen LogP contribution is -2.15. The Morgan fingerprint density at radius 3 is 2.50 bits per heavy atom. The molecule has 0 radical (unpaired) electrons. The number of nitrogens with zero attached hydrogens (tertiary/aromatic N) is 3. The van der Waals surface area contributed by atoms with Gasteiger partial charge in [0.05, 0.1) is 5.69 Å². The van der Waals surface area contributed by atoms with Crippen molar-refractivity contribution >= 4 is 12.2 Å². The number of hydrogen-bond donors (Lipinski definition) is 1. The van der Waals surface area contributed by atoms with Crippen molar-refractivity contribution in [2.24, 2.45) is 0 Å². The SMILES string of the molecule is CC(C)(C)c1ccccc1-n1[nH]nnc1=S. The van der Waals surface area contributed by atoms with Crippen LogP contribution in [0.5, 0.6) is 0 Å². The molecule has 0 saturated heterocycles. The van der Waals surface area contributed by atoms with E-state index in [0.29, 0.717) is 4.77 Å². The molecule has 84 valence electrons. The molecule has 1 aromatic carbocycles. The van der Waals surface area contributed by atoms with Crippen LogP contribution in [0.3, 0.4) is 0 Å². The summed E-state index contributed by atoms with van der Waals surface area (Å²) >= 11 is 5.11. The summed E-state index contributed by atoms with van der Waals surface area (Å²) in [4.78, 5) is 0. The highest BCUT2D eigenvalue weighted by atomic mass is 32.1. The zero-order valence-electron chi connectivity index (χ0n) is 9.56. The molecular formula is C11H14N4S. The standard InChI is InChI=1S/C11H14N4S/c1-11(2,3)8-6-4-5-7-9(8)15-10(16)12-13-14-15/h4-7H,1-3H3,(H,12,14,16). The molecule has 0 atom stereocenters. The first-order valence-corrected chi connectivity index (χ1v) is 5.51. The molecule has 0 aliphatic carbocycles. The maximum absolute atomic E-state index is 5.11. The van der Waals surface area contributed by atoms with Gasteiger partial charge in [-0.15, -0.1) is 0 Å². The number of nitrogens with one attached hydrogen (secondary N) is 1. The summed E-state index contributed by atoms with van der Waals surface area (Å²) in [5, 5.41) is 10.3. The van der Waals surface area contributed by atoms with E-state index in [2.05, 4.69) is 42.4 Å². The van der Waals surface area contributed by atoms with Gasteiger partial charge >= 0.3 is 0 Å². The Bertz CT molecular complexity index is 547. The van der Waals surface area contributed by atoms with Crippen LogP contribution in [0.2, 0.25) is 0 Å². The number of H-pyrrole nitrogens is 1. The van der Waals surface area contributed by atoms with Gasteiger partial charge in [0.1, 0.15) is 0 Å². The minimum absolute atomic E-state index is 0.0521. The molecule has 0 aliphatic heterocycles. The Balaban J connectivity index is 2.67. The first-order chi connectivity index (χ1) is 7.50. The van der Waals surface area contributed by atoms with E-state index in [-0.39, 0.29) is 5.41 Å². The number of tetrazole rings is 1. The predicted octanol–water partition coefficient (Wildman–Crippen LogP) is 2.62. The molecule has 4 nitrogen and oxygen atoms in total. The van der Waals surface area contributed by atoms with E-state index in [4.69, 9.17) is 12.2 Å². The van der Waals surface area contributed by atoms with Crippen LogP contribution in [0.25, 0.3) is 5.69 Å². The predicted molar refractivity (Wildman–Crippen MR) is 65.2 cm³/mol. The zero-order valence-corrected chi connectivity index (χ0v) is 10.4. The summed E-state index contributed by atoms with van der Waals surface area (Å²) in [5.41, 5.74) is 2.26. The summed E-state index contributed by atoms with van der Waals surface area (Å²) in [6, 6.07) is 8.11. The fourth-order valence-corrected chi connectivity index (χ4v) is 1.84. The largest absolute Gasteiger partial charge is 0.242 e. The maximum atomic E-state index is 5.11. The van der Waals surface area contributed by atoms with Crippen LogP contribution < -0.4 is 0 Å². The smallest absolute Gasteiger partial charge is 0.209 e. The molecule has 0 spiro atoms. The molecule has 16 heavy (non-hydrogen) atoms. The Morgan fingerprint density at radius 1 is 1.25 bits per heavy atom. The zero-order chi connectivity index (χ0) is 11.8. The molecule has 5 heteroatoms. The average molecular weight is 234 g/mol. The fraction of sp³-hybridized carbons (Fsp3) is 0.364. The number of rotatable bonds is 1. The highest BCUT2D eigenvalue weighted by Gasteiger charge is 2.18. The summed E-state index contributed by atoms with van der Waals surface area (Å²) in [7, 11) is 0. The summed E-state index contributed by atoms with van der Waals surface area (Å²) in [6.45, 7) is 6.50. The molecule has 2 aromatic rings. The molecule has 1 heterocycles. The van der Waals surface area contributed by atoms with E-state index in [0.717, 1.165) is 5.69 Å². The molecule has 0 bridgehead atoms. The number of aromatic nitrogens is 4. The first kappa shape index (κ1) is 11.0. The van der Waals surface area contributed by atoms with Gasteiger partial charge in [-0.2, -0.15) is 5.21 Å². The first-order valence-electron chi connectivity index (χ1n) is 5.10. The topological polar surface area (TPSA) is 46.5 Å². The minimum atomic E-state index is 0.0521. The van der Waals surface area contributed by atoms with Crippen molar-refractivity contribution in [3.05, 3.63) is 34.6 Å². The van der Waals surface area contributed by atoms with Crippen molar-refractivity contribution in [3.63, 3.8) is 0 Å². The lowest BCUT2D eigenvalue weighted by atomic mass is 9.86. The number of benzene rings is 1. The van der Waals surface area contributed by atoms with Gasteiger partial charge in [0, 0.05) is 0 Å². The molecule has 1 N–H and O–H groups in total. The van der Waals surface area contributed by atoms with Crippen LogP contribution in [0.1, 0.15) is 26.3 Å². The van der Waals surface area contributed by atoms with E-state index in [1.807, 2.05) is 18.2 Å². The number of para-hydroxylation sites is 1. The highest BCUT2D eigenvalue weighted by Crippen LogP contribution is 2.27. The van der Waals surface area contributed by atoms with Crippen molar-refractivity contribution in [2.45, 2.75) is 26.2 Å². The van der Waals surface area contributed by atoms with Gasteiger partial charge in [0.25, 0.3) is 0 Å². The molecule has 0 saturated carbocycles. The lowest BCUT2D eigenvalue weighted by Gasteiger charge is -2.22. The molecule has 1 aromatic heterocycles. The van der Waals surface area contributed by atoms with Gasteiger partial charge in [-0.25, -0.2) is 4.68 Å². The van der Waals surface area contributed by atoms with Crippen LogP contribution in [-0.2, 0) is 5.41 Å². The second kappa shape index (κ2) is 3.83. The number of aromatic amines is 1. The normalized spacial score (nSPS) is 11.7. The van der Waals surface area contributed by atoms with Crippen LogP contribution in [0.4, 0.5) is 0 Å². The maximum Gasteiger partial charge on any atom is 0.242 e. The fourth-order valence-electron chi connectivity index (χ4n) is 1.66. The highest BCUT2D eigenvalue weighted by molar-refractivity contribution is 7.71. The van der Waals surface area contributed by atoms with Gasteiger partial charge in [0.15, 0.2) is 0 Å². The molecule has 0 amide bonds. The third-order valence-corrected chi connectivity index (χ3v) is 2.69. The molecule has 2 rings (SSSR count). The van der Waals surface area contributed by atoms with Crippen molar-refractivity contribution < 1.29 is 0 Å². The molecule has 0 aliphatic rings.